The summed E-state index contributed by atoms with van der Waals surface area (Å²) < 4.78 is 35.7. The highest BCUT2D eigenvalue weighted by molar-refractivity contribution is 7.17. The molecule has 8 heteroatoms. The Balaban J connectivity index is 3.17. The average molecular weight is 385 g/mol. The number of carbonyl (C=O) groups is 2. The first-order valence-corrected chi connectivity index (χ1v) is 8.37. The van der Waals surface area contributed by atoms with E-state index < -0.39 is 29.3 Å². The lowest BCUT2D eigenvalue weighted by molar-refractivity contribution is 0.0602. The molecule has 1 amide bonds. The zero-order valence-electron chi connectivity index (χ0n) is 15.2. The monoisotopic (exact) mass is 385 g/mol. The second kappa shape index (κ2) is 8.75. The standard InChI is InChI=1S/C18H21F2NO4S/c1-10(7-8-13(20)11(2)19)14-9-12(16(22)24-6)15(26-14)21-17(23)25-18(3,4)5/h7-9H,2H2,1,3-6H3,(H,21,23)/b10-7+,13-8+. The third-order valence-corrected chi connectivity index (χ3v) is 4.07. The van der Waals surface area contributed by atoms with E-state index in [1.807, 2.05) is 0 Å². The van der Waals surface area contributed by atoms with Gasteiger partial charge in [-0.25, -0.2) is 18.4 Å². The molecule has 0 aromatic carbocycles. The van der Waals surface area contributed by atoms with Crippen molar-refractivity contribution < 1.29 is 27.8 Å². The number of halogens is 2. The molecule has 0 atom stereocenters. The van der Waals surface area contributed by atoms with Gasteiger partial charge in [0, 0.05) is 4.88 Å². The van der Waals surface area contributed by atoms with Gasteiger partial charge < -0.3 is 9.47 Å². The molecular weight excluding hydrogens is 364 g/mol. The Hall–Kier alpha value is -2.48. The summed E-state index contributed by atoms with van der Waals surface area (Å²) in [6.07, 6.45) is 1.54. The van der Waals surface area contributed by atoms with Crippen LogP contribution in [0.25, 0.3) is 5.57 Å². The van der Waals surface area contributed by atoms with Crippen LogP contribution in [-0.2, 0) is 9.47 Å². The maximum atomic E-state index is 13.2. The lowest BCUT2D eigenvalue weighted by Crippen LogP contribution is -2.27. The molecular formula is C18H21F2NO4S. The van der Waals surface area contributed by atoms with Crippen molar-refractivity contribution in [3.8, 4) is 0 Å². The number of anilines is 1. The molecule has 0 radical (unpaired) electrons. The summed E-state index contributed by atoms with van der Waals surface area (Å²) in [6, 6.07) is 1.49. The largest absolute Gasteiger partial charge is 0.465 e. The lowest BCUT2D eigenvalue weighted by Gasteiger charge is -2.19. The number of ether oxygens (including phenoxy) is 2. The van der Waals surface area contributed by atoms with Crippen LogP contribution in [0.1, 0.15) is 42.9 Å². The second-order valence-electron chi connectivity index (χ2n) is 6.24. The predicted molar refractivity (Wildman–Crippen MR) is 98.6 cm³/mol. The molecule has 0 saturated carbocycles. The topological polar surface area (TPSA) is 64.6 Å². The molecule has 1 N–H and O–H groups in total. The number of thiophene rings is 1. The number of amides is 1. The molecule has 0 aliphatic carbocycles. The van der Waals surface area contributed by atoms with Crippen molar-refractivity contribution in [2.24, 2.45) is 0 Å². The van der Waals surface area contributed by atoms with Crippen molar-refractivity contribution in [2.75, 3.05) is 12.4 Å². The molecule has 0 aliphatic heterocycles. The summed E-state index contributed by atoms with van der Waals surface area (Å²) in [4.78, 5) is 24.4. The van der Waals surface area contributed by atoms with Gasteiger partial charge in [0.05, 0.1) is 12.7 Å². The normalized spacial score (nSPS) is 12.6. The van der Waals surface area contributed by atoms with Crippen LogP contribution >= 0.6 is 11.3 Å². The van der Waals surface area contributed by atoms with E-state index in [0.29, 0.717) is 10.5 Å². The third-order valence-electron chi connectivity index (χ3n) is 2.88. The summed E-state index contributed by atoms with van der Waals surface area (Å²) >= 11 is 1.08. The number of rotatable bonds is 5. The van der Waals surface area contributed by atoms with Crippen molar-refractivity contribution in [3.63, 3.8) is 0 Å². The Bertz CT molecular complexity index is 773. The summed E-state index contributed by atoms with van der Waals surface area (Å²) in [7, 11) is 1.21. The van der Waals surface area contributed by atoms with Crippen molar-refractivity contribution in [1.82, 2.24) is 0 Å². The van der Waals surface area contributed by atoms with E-state index in [9.17, 15) is 18.4 Å². The molecule has 0 spiro atoms. The van der Waals surface area contributed by atoms with Crippen molar-refractivity contribution in [1.29, 1.82) is 0 Å². The van der Waals surface area contributed by atoms with Crippen LogP contribution in [0.5, 0.6) is 0 Å². The zero-order valence-corrected chi connectivity index (χ0v) is 16.1. The highest BCUT2D eigenvalue weighted by Gasteiger charge is 2.22. The first-order valence-electron chi connectivity index (χ1n) is 7.56. The Labute approximate surface area is 155 Å². The van der Waals surface area contributed by atoms with Crippen LogP contribution in [0.15, 0.2) is 36.5 Å². The van der Waals surface area contributed by atoms with E-state index in [2.05, 4.69) is 11.9 Å². The van der Waals surface area contributed by atoms with Crippen LogP contribution in [0.4, 0.5) is 18.6 Å². The van der Waals surface area contributed by atoms with Crippen molar-refractivity contribution in [3.05, 3.63) is 46.9 Å². The van der Waals surface area contributed by atoms with Crippen LogP contribution in [-0.4, -0.2) is 24.8 Å². The maximum absolute atomic E-state index is 13.2. The first kappa shape index (κ1) is 21.6. The molecule has 0 saturated heterocycles. The average Bonchev–Trinajstić information content (AvgIpc) is 2.93. The summed E-state index contributed by atoms with van der Waals surface area (Å²) in [6.45, 7) is 9.63. The first-order chi connectivity index (χ1) is 11.9. The van der Waals surface area contributed by atoms with Gasteiger partial charge in [0.1, 0.15) is 10.6 Å². The van der Waals surface area contributed by atoms with E-state index in [1.165, 1.54) is 19.3 Å². The number of carbonyl (C=O) groups excluding carboxylic acids is 2. The molecule has 1 rings (SSSR count). The smallest absolute Gasteiger partial charge is 0.412 e. The molecule has 1 heterocycles. The molecule has 0 aliphatic rings. The summed E-state index contributed by atoms with van der Waals surface area (Å²) in [5, 5.41) is 2.74. The van der Waals surface area contributed by atoms with Crippen molar-refractivity contribution >= 4 is 34.0 Å². The van der Waals surface area contributed by atoms with E-state index in [0.717, 1.165) is 17.4 Å². The molecule has 1 aromatic rings. The van der Waals surface area contributed by atoms with Gasteiger partial charge in [0.2, 0.25) is 0 Å². The zero-order chi connectivity index (χ0) is 20.1. The molecule has 142 valence electrons. The summed E-state index contributed by atoms with van der Waals surface area (Å²) in [5.41, 5.74) is -0.0260. The molecule has 1 aromatic heterocycles. The van der Waals surface area contributed by atoms with Gasteiger partial charge in [-0.2, -0.15) is 0 Å². The third kappa shape index (κ3) is 6.44. The van der Waals surface area contributed by atoms with Gasteiger partial charge in [-0.15, -0.1) is 11.3 Å². The Morgan fingerprint density at radius 3 is 2.38 bits per heavy atom. The van der Waals surface area contributed by atoms with Gasteiger partial charge in [0.15, 0.2) is 11.7 Å². The fourth-order valence-corrected chi connectivity index (χ4v) is 2.72. The van der Waals surface area contributed by atoms with Gasteiger partial charge in [-0.1, -0.05) is 12.7 Å². The van der Waals surface area contributed by atoms with Gasteiger partial charge in [-0.05, 0) is 45.4 Å². The second-order valence-corrected chi connectivity index (χ2v) is 7.29. The molecule has 0 bridgehead atoms. The number of hydrogen-bond donors (Lipinski definition) is 1. The van der Waals surface area contributed by atoms with Gasteiger partial charge >= 0.3 is 12.1 Å². The van der Waals surface area contributed by atoms with E-state index in [4.69, 9.17) is 9.47 Å². The molecule has 0 unspecified atom stereocenters. The number of allylic oxidation sites excluding steroid dienone is 5. The minimum Gasteiger partial charge on any atom is -0.465 e. The van der Waals surface area contributed by atoms with E-state index in [1.54, 1.807) is 27.7 Å². The molecule has 0 fully saturated rings. The Kier molecular flexibility index (Phi) is 7.26. The van der Waals surface area contributed by atoms with Crippen LogP contribution in [0.3, 0.4) is 0 Å². The van der Waals surface area contributed by atoms with Crippen LogP contribution < -0.4 is 5.32 Å². The van der Waals surface area contributed by atoms with E-state index in [-0.39, 0.29) is 10.6 Å². The van der Waals surface area contributed by atoms with E-state index >= 15 is 0 Å². The maximum Gasteiger partial charge on any atom is 0.412 e. The number of methoxy groups -OCH3 is 1. The molecule has 26 heavy (non-hydrogen) atoms. The minimum absolute atomic E-state index is 0.130. The van der Waals surface area contributed by atoms with Gasteiger partial charge in [-0.3, -0.25) is 5.32 Å². The molecule has 5 nitrogen and oxygen atoms in total. The predicted octanol–water partition coefficient (Wildman–Crippen LogP) is 5.62. The summed E-state index contributed by atoms with van der Waals surface area (Å²) in [5.74, 6) is -2.92. The van der Waals surface area contributed by atoms with Crippen molar-refractivity contribution in [2.45, 2.75) is 33.3 Å². The van der Waals surface area contributed by atoms with Crippen LogP contribution in [0, 0.1) is 0 Å². The lowest BCUT2D eigenvalue weighted by atomic mass is 10.2. The number of esters is 1. The number of nitrogens with one attached hydrogen (secondary N) is 1. The SMILES string of the molecule is C=C(F)/C(F)=C\C=C(/C)c1cc(C(=O)OC)c(NC(=O)OC(C)(C)C)s1. The Morgan fingerprint density at radius 2 is 1.88 bits per heavy atom. The highest BCUT2D eigenvalue weighted by atomic mass is 32.1. The van der Waals surface area contributed by atoms with Crippen LogP contribution in [0.2, 0.25) is 0 Å². The number of hydrogen-bond acceptors (Lipinski definition) is 5. The fourth-order valence-electron chi connectivity index (χ4n) is 1.71. The Morgan fingerprint density at radius 1 is 1.27 bits per heavy atom. The highest BCUT2D eigenvalue weighted by Crippen LogP contribution is 2.33. The quantitative estimate of drug-likeness (QED) is 0.528. The fraction of sp³-hybridized carbons (Fsp3) is 0.333. The van der Waals surface area contributed by atoms with Gasteiger partial charge in [0.25, 0.3) is 0 Å². The minimum atomic E-state index is -1.18.